The largest absolute Gasteiger partial charge is 0.451 e. The Kier molecular flexibility index (Phi) is 7.26. The van der Waals surface area contributed by atoms with Gasteiger partial charge in [0.15, 0.2) is 10.9 Å². The second-order valence-corrected chi connectivity index (χ2v) is 8.96. The van der Waals surface area contributed by atoms with E-state index in [9.17, 15) is 4.79 Å². The molecule has 0 aliphatic carbocycles. The van der Waals surface area contributed by atoms with Crippen LogP contribution in [0.1, 0.15) is 29.8 Å². The molecular formula is C23H20Cl3N3O2S. The Balaban J connectivity index is 1.46. The minimum absolute atomic E-state index is 0.0996. The van der Waals surface area contributed by atoms with E-state index >= 15 is 0 Å². The first-order valence-electron chi connectivity index (χ1n) is 10.1. The van der Waals surface area contributed by atoms with Gasteiger partial charge in [-0.25, -0.2) is 0 Å². The summed E-state index contributed by atoms with van der Waals surface area (Å²) in [5.41, 5.74) is 2.24. The number of carbonyl (C=O) groups is 1. The van der Waals surface area contributed by atoms with E-state index in [-0.39, 0.29) is 10.9 Å². The van der Waals surface area contributed by atoms with Crippen LogP contribution in [0.25, 0.3) is 11.3 Å². The second kappa shape index (κ2) is 10.1. The average Bonchev–Trinajstić information content (AvgIpc) is 3.26. The van der Waals surface area contributed by atoms with Crippen LogP contribution in [0.2, 0.25) is 15.1 Å². The number of hydrogen-bond donors (Lipinski definition) is 2. The highest BCUT2D eigenvalue weighted by Crippen LogP contribution is 2.36. The summed E-state index contributed by atoms with van der Waals surface area (Å²) in [5, 5.41) is 7.30. The monoisotopic (exact) mass is 507 g/mol. The zero-order chi connectivity index (χ0) is 22.7. The van der Waals surface area contributed by atoms with Crippen LogP contribution in [-0.2, 0) is 0 Å². The molecule has 0 radical (unpaired) electrons. The predicted molar refractivity (Wildman–Crippen MR) is 135 cm³/mol. The Labute approximate surface area is 206 Å². The summed E-state index contributed by atoms with van der Waals surface area (Å²) in [6, 6.07) is 14.0. The van der Waals surface area contributed by atoms with Crippen molar-refractivity contribution in [2.75, 3.05) is 23.3 Å². The first kappa shape index (κ1) is 22.9. The minimum atomic E-state index is -0.478. The van der Waals surface area contributed by atoms with Crippen molar-refractivity contribution in [3.8, 4) is 11.3 Å². The average molecular weight is 509 g/mol. The fourth-order valence-electron chi connectivity index (χ4n) is 3.67. The van der Waals surface area contributed by atoms with Gasteiger partial charge in [0.1, 0.15) is 5.76 Å². The third-order valence-electron chi connectivity index (χ3n) is 5.18. The quantitative estimate of drug-likeness (QED) is 0.371. The maximum atomic E-state index is 12.7. The molecule has 4 rings (SSSR count). The zero-order valence-electron chi connectivity index (χ0n) is 17.0. The van der Waals surface area contributed by atoms with Gasteiger partial charge in [-0.3, -0.25) is 10.1 Å². The molecule has 2 heterocycles. The van der Waals surface area contributed by atoms with Crippen LogP contribution in [0.4, 0.5) is 11.4 Å². The molecule has 0 unspecified atom stereocenters. The summed E-state index contributed by atoms with van der Waals surface area (Å²) < 4.78 is 5.68. The highest BCUT2D eigenvalue weighted by molar-refractivity contribution is 7.80. The van der Waals surface area contributed by atoms with Gasteiger partial charge in [-0.1, -0.05) is 46.9 Å². The molecule has 0 spiro atoms. The first-order valence-corrected chi connectivity index (χ1v) is 11.7. The summed E-state index contributed by atoms with van der Waals surface area (Å²) in [6.45, 7) is 1.86. The molecular weight excluding hydrogens is 489 g/mol. The molecule has 1 amide bonds. The van der Waals surface area contributed by atoms with Gasteiger partial charge in [0.2, 0.25) is 0 Å². The lowest BCUT2D eigenvalue weighted by Gasteiger charge is -2.31. The van der Waals surface area contributed by atoms with Crippen LogP contribution in [0.3, 0.4) is 0 Å². The Morgan fingerprint density at radius 3 is 2.44 bits per heavy atom. The lowest BCUT2D eigenvalue weighted by molar-refractivity contribution is 0.0951. The molecule has 2 aromatic carbocycles. The molecule has 2 N–H and O–H groups in total. The summed E-state index contributed by atoms with van der Waals surface area (Å²) in [7, 11) is 0. The van der Waals surface area contributed by atoms with Gasteiger partial charge in [-0.15, -0.1) is 0 Å². The fourth-order valence-corrected chi connectivity index (χ4v) is 4.56. The van der Waals surface area contributed by atoms with Crippen LogP contribution >= 0.6 is 47.0 Å². The molecule has 0 bridgehead atoms. The highest BCUT2D eigenvalue weighted by Gasteiger charge is 2.20. The van der Waals surface area contributed by atoms with Gasteiger partial charge in [0, 0.05) is 18.7 Å². The topological polar surface area (TPSA) is 57.5 Å². The van der Waals surface area contributed by atoms with Crippen molar-refractivity contribution < 1.29 is 9.21 Å². The lowest BCUT2D eigenvalue weighted by atomic mass is 10.1. The standard InChI is InChI=1S/C23H20Cl3N3O2S/c24-15-7-4-6-14(20(15)26)18-10-11-19(31-18)22(30)28-23(32)27-17-9-5-8-16(25)21(17)29-12-2-1-3-13-29/h4-11H,1-3,12-13H2,(H2,27,28,30,32). The summed E-state index contributed by atoms with van der Waals surface area (Å²) in [4.78, 5) is 14.9. The lowest BCUT2D eigenvalue weighted by Crippen LogP contribution is -2.35. The number of amides is 1. The predicted octanol–water partition coefficient (Wildman–Crippen LogP) is 7.02. The van der Waals surface area contributed by atoms with Gasteiger partial charge in [0.05, 0.1) is 26.4 Å². The fraction of sp³-hybridized carbons (Fsp3) is 0.217. The first-order chi connectivity index (χ1) is 15.4. The minimum Gasteiger partial charge on any atom is -0.451 e. The summed E-state index contributed by atoms with van der Waals surface area (Å²) in [6.07, 6.45) is 3.44. The molecule has 1 saturated heterocycles. The molecule has 1 aromatic heterocycles. The Hall–Kier alpha value is -2.25. The smallest absolute Gasteiger partial charge is 0.293 e. The van der Waals surface area contributed by atoms with E-state index in [1.165, 1.54) is 6.42 Å². The number of furan rings is 1. The maximum absolute atomic E-state index is 12.7. The number of thiocarbonyl (C=S) groups is 1. The molecule has 0 saturated carbocycles. The molecule has 3 aromatic rings. The number of piperidine rings is 1. The van der Waals surface area contributed by atoms with E-state index < -0.39 is 5.91 Å². The van der Waals surface area contributed by atoms with Gasteiger partial charge in [0.25, 0.3) is 5.91 Å². The van der Waals surface area contributed by atoms with E-state index in [2.05, 4.69) is 15.5 Å². The Morgan fingerprint density at radius 2 is 1.66 bits per heavy atom. The highest BCUT2D eigenvalue weighted by atomic mass is 35.5. The van der Waals surface area contributed by atoms with Gasteiger partial charge in [-0.05, 0) is 67.9 Å². The maximum Gasteiger partial charge on any atom is 0.293 e. The van der Waals surface area contributed by atoms with Crippen molar-refractivity contribution in [1.29, 1.82) is 0 Å². The molecule has 1 aliphatic heterocycles. The third-order valence-corrected chi connectivity index (χ3v) is 6.51. The van der Waals surface area contributed by atoms with Crippen molar-refractivity contribution in [3.63, 3.8) is 0 Å². The van der Waals surface area contributed by atoms with Gasteiger partial charge in [-0.2, -0.15) is 0 Å². The molecule has 1 aliphatic rings. The van der Waals surface area contributed by atoms with E-state index in [4.69, 9.17) is 51.4 Å². The third kappa shape index (κ3) is 5.04. The van der Waals surface area contributed by atoms with Crippen LogP contribution in [0, 0.1) is 0 Å². The van der Waals surface area contributed by atoms with Crippen LogP contribution in [0.15, 0.2) is 52.9 Å². The van der Waals surface area contributed by atoms with Crippen LogP contribution < -0.4 is 15.5 Å². The summed E-state index contributed by atoms with van der Waals surface area (Å²) in [5.74, 6) is 0.0553. The number of anilines is 2. The number of para-hydroxylation sites is 1. The van der Waals surface area contributed by atoms with E-state index in [1.54, 1.807) is 30.3 Å². The number of hydrogen-bond acceptors (Lipinski definition) is 4. The molecule has 5 nitrogen and oxygen atoms in total. The number of nitrogens with one attached hydrogen (secondary N) is 2. The molecule has 166 valence electrons. The van der Waals surface area contributed by atoms with Gasteiger partial charge < -0.3 is 14.6 Å². The molecule has 1 fully saturated rings. The van der Waals surface area contributed by atoms with E-state index in [0.29, 0.717) is 26.4 Å². The van der Waals surface area contributed by atoms with Crippen molar-refractivity contribution in [3.05, 3.63) is 69.4 Å². The molecule has 32 heavy (non-hydrogen) atoms. The van der Waals surface area contributed by atoms with Crippen molar-refractivity contribution >= 4 is 69.4 Å². The number of rotatable bonds is 4. The van der Waals surface area contributed by atoms with Crippen LogP contribution in [-0.4, -0.2) is 24.1 Å². The van der Waals surface area contributed by atoms with E-state index in [1.807, 2.05) is 18.2 Å². The van der Waals surface area contributed by atoms with Gasteiger partial charge >= 0.3 is 0 Å². The number of halogens is 3. The number of carbonyl (C=O) groups excluding carboxylic acids is 1. The second-order valence-electron chi connectivity index (χ2n) is 7.36. The molecule has 9 heteroatoms. The SMILES string of the molecule is O=C(NC(=S)Nc1cccc(Cl)c1N1CCCCC1)c1ccc(-c2cccc(Cl)c2Cl)o1. The zero-order valence-corrected chi connectivity index (χ0v) is 20.0. The Bertz CT molecular complexity index is 1160. The van der Waals surface area contributed by atoms with Crippen molar-refractivity contribution in [2.24, 2.45) is 0 Å². The normalized spacial score (nSPS) is 13.7. The van der Waals surface area contributed by atoms with Crippen LogP contribution in [0.5, 0.6) is 0 Å². The van der Waals surface area contributed by atoms with Crippen molar-refractivity contribution in [2.45, 2.75) is 19.3 Å². The van der Waals surface area contributed by atoms with E-state index in [0.717, 1.165) is 37.3 Å². The number of nitrogens with zero attached hydrogens (tertiary/aromatic N) is 1. The summed E-state index contributed by atoms with van der Waals surface area (Å²) >= 11 is 24.2. The number of benzene rings is 2. The molecule has 0 atom stereocenters. The Morgan fingerprint density at radius 1 is 0.938 bits per heavy atom. The van der Waals surface area contributed by atoms with Crippen molar-refractivity contribution in [1.82, 2.24) is 5.32 Å².